The second kappa shape index (κ2) is 9.16. The van der Waals surface area contributed by atoms with Gasteiger partial charge in [0.25, 0.3) is 11.8 Å². The van der Waals surface area contributed by atoms with Gasteiger partial charge in [-0.3, -0.25) is 9.59 Å². The Kier molecular flexibility index (Phi) is 6.14. The third-order valence-corrected chi connectivity index (χ3v) is 5.98. The number of amides is 2. The van der Waals surface area contributed by atoms with E-state index < -0.39 is 11.7 Å². The van der Waals surface area contributed by atoms with Crippen molar-refractivity contribution < 1.29 is 14.0 Å². The van der Waals surface area contributed by atoms with Crippen molar-refractivity contribution in [3.63, 3.8) is 0 Å². The molecule has 6 heteroatoms. The third kappa shape index (κ3) is 4.76. The van der Waals surface area contributed by atoms with Gasteiger partial charge in [-0.15, -0.1) is 11.3 Å². The van der Waals surface area contributed by atoms with Crippen molar-refractivity contribution in [2.75, 3.05) is 10.6 Å². The summed E-state index contributed by atoms with van der Waals surface area (Å²) in [4.78, 5) is 28.2. The molecule has 0 aliphatic rings. The molecule has 2 N–H and O–H groups in total. The van der Waals surface area contributed by atoms with Crippen LogP contribution in [0.2, 0.25) is 0 Å². The Balaban J connectivity index is 1.61. The van der Waals surface area contributed by atoms with Crippen molar-refractivity contribution >= 4 is 34.5 Å². The Morgan fingerprint density at radius 1 is 0.781 bits per heavy atom. The summed E-state index contributed by atoms with van der Waals surface area (Å²) >= 11 is 1.65. The van der Waals surface area contributed by atoms with Crippen LogP contribution < -0.4 is 10.6 Å². The number of hydrogen-bond acceptors (Lipinski definition) is 3. The van der Waals surface area contributed by atoms with Crippen LogP contribution in [-0.4, -0.2) is 11.8 Å². The fourth-order valence-corrected chi connectivity index (χ4v) is 4.25. The van der Waals surface area contributed by atoms with Crippen LogP contribution in [0.15, 0.2) is 78.9 Å². The van der Waals surface area contributed by atoms with Crippen molar-refractivity contribution in [1.82, 2.24) is 0 Å². The van der Waals surface area contributed by atoms with Crippen molar-refractivity contribution in [2.24, 2.45) is 0 Å². The summed E-state index contributed by atoms with van der Waals surface area (Å²) in [6.07, 6.45) is 0. The van der Waals surface area contributed by atoms with E-state index in [0.717, 1.165) is 16.0 Å². The van der Waals surface area contributed by atoms with Gasteiger partial charge in [0.1, 0.15) is 5.82 Å². The number of thiophene rings is 1. The van der Waals surface area contributed by atoms with Crippen LogP contribution in [0.3, 0.4) is 0 Å². The minimum Gasteiger partial charge on any atom is -0.322 e. The van der Waals surface area contributed by atoms with Gasteiger partial charge >= 0.3 is 0 Å². The number of nitrogens with one attached hydrogen (secondary N) is 2. The molecule has 0 spiro atoms. The summed E-state index contributed by atoms with van der Waals surface area (Å²) in [6.45, 7) is 4.04. The van der Waals surface area contributed by atoms with Crippen LogP contribution in [0.25, 0.3) is 10.4 Å². The lowest BCUT2D eigenvalue weighted by Gasteiger charge is -2.13. The highest BCUT2D eigenvalue weighted by atomic mass is 32.1. The maximum absolute atomic E-state index is 13.2. The average Bonchev–Trinajstić information content (AvgIpc) is 3.22. The third-order valence-electron chi connectivity index (χ3n) is 4.95. The highest BCUT2D eigenvalue weighted by Gasteiger charge is 2.18. The standard InChI is InChI=1S/C26H21FN2O2S/c1-16-7-13-23(22(15-16)24-14-8-17(2)32-24)29-26(31)21-6-4-3-5-20(21)25(30)28-19-11-9-18(27)10-12-19/h3-15H,1-2H3,(H,28,30)(H,29,31). The van der Waals surface area contributed by atoms with E-state index in [1.54, 1.807) is 35.6 Å². The van der Waals surface area contributed by atoms with Gasteiger partial charge in [-0.1, -0.05) is 23.8 Å². The Morgan fingerprint density at radius 2 is 1.44 bits per heavy atom. The van der Waals surface area contributed by atoms with Gasteiger partial charge in [0.2, 0.25) is 0 Å². The van der Waals surface area contributed by atoms with E-state index in [-0.39, 0.29) is 17.0 Å². The fraction of sp³-hybridized carbons (Fsp3) is 0.0769. The molecule has 0 radical (unpaired) electrons. The first kappa shape index (κ1) is 21.5. The first-order chi connectivity index (χ1) is 15.4. The molecule has 0 saturated carbocycles. The van der Waals surface area contributed by atoms with Crippen LogP contribution in [0, 0.1) is 19.7 Å². The van der Waals surface area contributed by atoms with Crippen LogP contribution in [0.5, 0.6) is 0 Å². The van der Waals surface area contributed by atoms with Gasteiger partial charge in [0.05, 0.1) is 11.1 Å². The van der Waals surface area contributed by atoms with E-state index in [9.17, 15) is 14.0 Å². The number of rotatable bonds is 5. The molecule has 0 fully saturated rings. The van der Waals surface area contributed by atoms with E-state index in [1.165, 1.54) is 29.1 Å². The Morgan fingerprint density at radius 3 is 2.06 bits per heavy atom. The number of anilines is 2. The average molecular weight is 445 g/mol. The second-order valence-electron chi connectivity index (χ2n) is 7.42. The van der Waals surface area contributed by atoms with Gasteiger partial charge in [-0.25, -0.2) is 4.39 Å². The van der Waals surface area contributed by atoms with Crippen LogP contribution in [0.1, 0.15) is 31.2 Å². The normalized spacial score (nSPS) is 10.6. The van der Waals surface area contributed by atoms with E-state index in [0.29, 0.717) is 11.4 Å². The minimum absolute atomic E-state index is 0.231. The number of carbonyl (C=O) groups excluding carboxylic acids is 2. The molecule has 0 bridgehead atoms. The van der Waals surface area contributed by atoms with Gasteiger partial charge in [-0.2, -0.15) is 0 Å². The predicted octanol–water partition coefficient (Wildman–Crippen LogP) is 6.68. The highest BCUT2D eigenvalue weighted by Crippen LogP contribution is 2.34. The van der Waals surface area contributed by atoms with Crippen molar-refractivity contribution in [1.29, 1.82) is 0 Å². The summed E-state index contributed by atoms with van der Waals surface area (Å²) in [5, 5.41) is 5.67. The maximum atomic E-state index is 13.2. The summed E-state index contributed by atoms with van der Waals surface area (Å²) in [5.41, 5.74) is 3.63. The number of carbonyl (C=O) groups is 2. The van der Waals surface area contributed by atoms with E-state index in [4.69, 9.17) is 0 Å². The first-order valence-electron chi connectivity index (χ1n) is 10.1. The van der Waals surface area contributed by atoms with E-state index in [2.05, 4.69) is 10.6 Å². The quantitative estimate of drug-likeness (QED) is 0.361. The molecule has 0 unspecified atom stereocenters. The Labute approximate surface area is 189 Å². The molecule has 0 atom stereocenters. The molecule has 0 aliphatic carbocycles. The molecule has 32 heavy (non-hydrogen) atoms. The van der Waals surface area contributed by atoms with Gasteiger partial charge in [0, 0.05) is 26.7 Å². The number of hydrogen-bond donors (Lipinski definition) is 2. The monoisotopic (exact) mass is 444 g/mol. The lowest BCUT2D eigenvalue weighted by atomic mass is 10.0. The maximum Gasteiger partial charge on any atom is 0.256 e. The molecule has 0 aliphatic heterocycles. The van der Waals surface area contributed by atoms with Crippen LogP contribution >= 0.6 is 11.3 Å². The molecule has 4 nitrogen and oxygen atoms in total. The molecule has 2 amide bonds. The summed E-state index contributed by atoms with van der Waals surface area (Å²) < 4.78 is 13.1. The minimum atomic E-state index is -0.444. The Hall–Kier alpha value is -3.77. The zero-order valence-electron chi connectivity index (χ0n) is 17.6. The zero-order chi connectivity index (χ0) is 22.7. The SMILES string of the molecule is Cc1ccc(NC(=O)c2ccccc2C(=O)Nc2ccc(F)cc2)c(-c2ccc(C)s2)c1. The van der Waals surface area contributed by atoms with Gasteiger partial charge < -0.3 is 10.6 Å². The summed E-state index contributed by atoms with van der Waals surface area (Å²) in [5.74, 6) is -1.22. The van der Waals surface area contributed by atoms with Crippen LogP contribution in [0.4, 0.5) is 15.8 Å². The largest absolute Gasteiger partial charge is 0.322 e. The molecule has 3 aromatic carbocycles. The number of benzene rings is 3. The fourth-order valence-electron chi connectivity index (χ4n) is 3.35. The zero-order valence-corrected chi connectivity index (χ0v) is 18.4. The topological polar surface area (TPSA) is 58.2 Å². The molecule has 160 valence electrons. The first-order valence-corrected chi connectivity index (χ1v) is 10.9. The van der Waals surface area contributed by atoms with Crippen molar-refractivity contribution in [3.8, 4) is 10.4 Å². The van der Waals surface area contributed by atoms with E-state index in [1.807, 2.05) is 44.2 Å². The highest BCUT2D eigenvalue weighted by molar-refractivity contribution is 7.15. The summed E-state index contributed by atoms with van der Waals surface area (Å²) in [6, 6.07) is 22.0. The van der Waals surface area contributed by atoms with Crippen LogP contribution in [-0.2, 0) is 0 Å². The molecular formula is C26H21FN2O2S. The molecule has 1 heterocycles. The second-order valence-corrected chi connectivity index (χ2v) is 8.71. The van der Waals surface area contributed by atoms with Gasteiger partial charge in [-0.05, 0) is 74.5 Å². The lowest BCUT2D eigenvalue weighted by Crippen LogP contribution is -2.20. The number of aryl methyl sites for hydroxylation is 2. The molecule has 0 saturated heterocycles. The lowest BCUT2D eigenvalue weighted by molar-refractivity contribution is 0.0990. The van der Waals surface area contributed by atoms with Crippen molar-refractivity contribution in [3.05, 3.63) is 106 Å². The molecule has 1 aromatic heterocycles. The van der Waals surface area contributed by atoms with E-state index >= 15 is 0 Å². The molecule has 4 aromatic rings. The van der Waals surface area contributed by atoms with Gasteiger partial charge in [0.15, 0.2) is 0 Å². The molecular weight excluding hydrogens is 423 g/mol. The molecule has 4 rings (SSSR count). The Bertz CT molecular complexity index is 1300. The van der Waals surface area contributed by atoms with Crippen molar-refractivity contribution in [2.45, 2.75) is 13.8 Å². The summed E-state index contributed by atoms with van der Waals surface area (Å²) in [7, 11) is 0. The number of halogens is 1. The predicted molar refractivity (Wildman–Crippen MR) is 128 cm³/mol. The smallest absolute Gasteiger partial charge is 0.256 e.